The second-order valence-electron chi connectivity index (χ2n) is 7.02. The summed E-state index contributed by atoms with van der Waals surface area (Å²) in [6.07, 6.45) is 3.82. The molecule has 152 valence electrons. The summed E-state index contributed by atoms with van der Waals surface area (Å²) >= 11 is 3.12. The molecule has 1 aliphatic rings. The maximum absolute atomic E-state index is 13.5. The van der Waals surface area contributed by atoms with Crippen LogP contribution in [0.2, 0.25) is 0 Å². The Morgan fingerprint density at radius 3 is 2.48 bits per heavy atom. The molecule has 1 aliphatic heterocycles. The summed E-state index contributed by atoms with van der Waals surface area (Å²) in [6.45, 7) is 3.82. The van der Waals surface area contributed by atoms with E-state index < -0.39 is 5.60 Å². The van der Waals surface area contributed by atoms with Crippen molar-refractivity contribution in [3.63, 3.8) is 0 Å². The van der Waals surface area contributed by atoms with E-state index in [4.69, 9.17) is 14.2 Å². The van der Waals surface area contributed by atoms with Gasteiger partial charge in [0, 0.05) is 11.6 Å². The SMILES string of the molecule is COc1ccc(C(=O)c2ccc(OC)c3c2OC(C)(C)C=C3)c(NC(=O)CBr)c1. The number of amides is 1. The van der Waals surface area contributed by atoms with Crippen molar-refractivity contribution in [2.75, 3.05) is 24.9 Å². The highest BCUT2D eigenvalue weighted by Gasteiger charge is 2.29. The lowest BCUT2D eigenvalue weighted by molar-refractivity contribution is -0.113. The number of ether oxygens (including phenoxy) is 3. The largest absolute Gasteiger partial charge is 0.497 e. The first-order valence-corrected chi connectivity index (χ1v) is 10.1. The van der Waals surface area contributed by atoms with Crippen molar-refractivity contribution in [2.45, 2.75) is 19.4 Å². The standard InChI is InChI=1S/C22H22BrNO5/c1-22(2)10-9-15-18(28-4)8-7-16(21(15)29-22)20(26)14-6-5-13(27-3)11-17(14)24-19(25)12-23/h5-11H,12H2,1-4H3,(H,24,25). The first-order chi connectivity index (χ1) is 13.8. The van der Waals surface area contributed by atoms with E-state index in [0.29, 0.717) is 39.6 Å². The minimum atomic E-state index is -0.568. The number of halogens is 1. The second kappa shape index (κ2) is 8.29. The van der Waals surface area contributed by atoms with E-state index >= 15 is 0 Å². The van der Waals surface area contributed by atoms with Crippen molar-refractivity contribution in [3.05, 3.63) is 53.1 Å². The van der Waals surface area contributed by atoms with Crippen LogP contribution in [0.15, 0.2) is 36.4 Å². The summed E-state index contributed by atoms with van der Waals surface area (Å²) in [5.74, 6) is 1.05. The highest BCUT2D eigenvalue weighted by molar-refractivity contribution is 9.09. The van der Waals surface area contributed by atoms with Gasteiger partial charge in [0.05, 0.1) is 36.4 Å². The molecule has 2 aromatic carbocycles. The normalized spacial score (nSPS) is 13.8. The maximum atomic E-state index is 13.5. The van der Waals surface area contributed by atoms with E-state index in [9.17, 15) is 9.59 Å². The molecule has 6 nitrogen and oxygen atoms in total. The Labute approximate surface area is 178 Å². The van der Waals surface area contributed by atoms with Gasteiger partial charge in [-0.05, 0) is 50.3 Å². The third kappa shape index (κ3) is 4.29. The average Bonchev–Trinajstić information content (AvgIpc) is 2.71. The molecule has 0 fully saturated rings. The van der Waals surface area contributed by atoms with Crippen LogP contribution in [-0.2, 0) is 4.79 Å². The van der Waals surface area contributed by atoms with Gasteiger partial charge in [-0.3, -0.25) is 9.59 Å². The number of nitrogens with one attached hydrogen (secondary N) is 1. The lowest BCUT2D eigenvalue weighted by atomic mass is 9.94. The van der Waals surface area contributed by atoms with Crippen molar-refractivity contribution in [1.82, 2.24) is 0 Å². The molecule has 29 heavy (non-hydrogen) atoms. The van der Waals surface area contributed by atoms with E-state index in [1.165, 1.54) is 7.11 Å². The predicted octanol–water partition coefficient (Wildman–Crippen LogP) is 4.45. The Hall–Kier alpha value is -2.80. The molecular formula is C22H22BrNO5. The summed E-state index contributed by atoms with van der Waals surface area (Å²) in [5, 5.41) is 2.85. The van der Waals surface area contributed by atoms with Crippen LogP contribution in [0, 0.1) is 0 Å². The summed E-state index contributed by atoms with van der Waals surface area (Å²) < 4.78 is 16.8. The molecule has 0 radical (unpaired) electrons. The lowest BCUT2D eigenvalue weighted by Crippen LogP contribution is -2.29. The number of benzene rings is 2. The quantitative estimate of drug-likeness (QED) is 0.510. The number of methoxy groups -OCH3 is 2. The summed E-state index contributed by atoms with van der Waals surface area (Å²) in [4.78, 5) is 25.4. The summed E-state index contributed by atoms with van der Waals surface area (Å²) in [7, 11) is 3.09. The third-order valence-electron chi connectivity index (χ3n) is 4.50. The maximum Gasteiger partial charge on any atom is 0.235 e. The van der Waals surface area contributed by atoms with Crippen LogP contribution < -0.4 is 19.5 Å². The molecule has 0 aliphatic carbocycles. The molecule has 7 heteroatoms. The van der Waals surface area contributed by atoms with E-state index in [-0.39, 0.29) is 17.0 Å². The molecule has 0 atom stereocenters. The molecule has 0 spiro atoms. The second-order valence-corrected chi connectivity index (χ2v) is 7.58. The molecule has 1 amide bonds. The Kier molecular flexibility index (Phi) is 5.98. The fourth-order valence-electron chi connectivity index (χ4n) is 3.07. The van der Waals surface area contributed by atoms with Crippen molar-refractivity contribution in [3.8, 4) is 17.2 Å². The molecule has 0 bridgehead atoms. The molecule has 0 unspecified atom stereocenters. The van der Waals surface area contributed by atoms with Gasteiger partial charge >= 0.3 is 0 Å². The number of carbonyl (C=O) groups is 2. The molecule has 2 aromatic rings. The number of alkyl halides is 1. The number of anilines is 1. The number of rotatable bonds is 6. The minimum absolute atomic E-state index is 0.109. The van der Waals surface area contributed by atoms with Crippen molar-refractivity contribution >= 4 is 39.4 Å². The van der Waals surface area contributed by atoms with Gasteiger partial charge in [-0.1, -0.05) is 15.9 Å². The average molecular weight is 460 g/mol. The first kappa shape index (κ1) is 20.9. The van der Waals surface area contributed by atoms with Gasteiger partial charge < -0.3 is 19.5 Å². The van der Waals surface area contributed by atoms with Crippen LogP contribution in [0.4, 0.5) is 5.69 Å². The molecule has 3 rings (SSSR count). The molecule has 1 heterocycles. The molecule has 0 saturated carbocycles. The topological polar surface area (TPSA) is 73.9 Å². The smallest absolute Gasteiger partial charge is 0.235 e. The van der Waals surface area contributed by atoms with Crippen LogP contribution in [0.25, 0.3) is 6.08 Å². The molecule has 1 N–H and O–H groups in total. The van der Waals surface area contributed by atoms with E-state index in [1.54, 1.807) is 37.4 Å². The molecule has 0 aromatic heterocycles. The van der Waals surface area contributed by atoms with Crippen LogP contribution in [0.5, 0.6) is 17.2 Å². The first-order valence-electron chi connectivity index (χ1n) is 8.97. The zero-order valence-corrected chi connectivity index (χ0v) is 18.3. The monoisotopic (exact) mass is 459 g/mol. The minimum Gasteiger partial charge on any atom is -0.497 e. The third-order valence-corrected chi connectivity index (χ3v) is 5.01. The Balaban J connectivity index is 2.13. The fourth-order valence-corrected chi connectivity index (χ4v) is 3.21. The lowest BCUT2D eigenvalue weighted by Gasteiger charge is -2.30. The number of fused-ring (bicyclic) bond motifs is 1. The van der Waals surface area contributed by atoms with Crippen LogP contribution in [0.1, 0.15) is 35.3 Å². The highest BCUT2D eigenvalue weighted by atomic mass is 79.9. The highest BCUT2D eigenvalue weighted by Crippen LogP contribution is 2.41. The van der Waals surface area contributed by atoms with Crippen molar-refractivity contribution in [2.24, 2.45) is 0 Å². The Bertz CT molecular complexity index is 997. The van der Waals surface area contributed by atoms with Gasteiger partial charge in [-0.25, -0.2) is 0 Å². The number of hydrogen-bond acceptors (Lipinski definition) is 5. The van der Waals surface area contributed by atoms with Gasteiger partial charge in [-0.15, -0.1) is 0 Å². The van der Waals surface area contributed by atoms with Crippen molar-refractivity contribution < 1.29 is 23.8 Å². The molecular weight excluding hydrogens is 438 g/mol. The summed E-state index contributed by atoms with van der Waals surface area (Å²) in [6, 6.07) is 8.34. The molecule has 0 saturated heterocycles. The van der Waals surface area contributed by atoms with Gasteiger partial charge in [-0.2, -0.15) is 0 Å². The van der Waals surface area contributed by atoms with E-state index in [1.807, 2.05) is 26.0 Å². The fraction of sp³-hybridized carbons (Fsp3) is 0.273. The van der Waals surface area contributed by atoms with Crippen LogP contribution in [0.3, 0.4) is 0 Å². The van der Waals surface area contributed by atoms with Gasteiger partial charge in [0.15, 0.2) is 5.78 Å². The van der Waals surface area contributed by atoms with Crippen LogP contribution in [-0.4, -0.2) is 36.8 Å². The Morgan fingerprint density at radius 2 is 1.83 bits per heavy atom. The zero-order chi connectivity index (χ0) is 21.2. The Morgan fingerprint density at radius 1 is 1.10 bits per heavy atom. The number of hydrogen-bond donors (Lipinski definition) is 1. The zero-order valence-electron chi connectivity index (χ0n) is 16.7. The van der Waals surface area contributed by atoms with Gasteiger partial charge in [0.25, 0.3) is 0 Å². The summed E-state index contributed by atoms with van der Waals surface area (Å²) in [5.41, 5.74) is 1.23. The predicted molar refractivity (Wildman–Crippen MR) is 116 cm³/mol. The van der Waals surface area contributed by atoms with Crippen LogP contribution >= 0.6 is 15.9 Å². The van der Waals surface area contributed by atoms with Gasteiger partial charge in [0.2, 0.25) is 5.91 Å². The van der Waals surface area contributed by atoms with E-state index in [2.05, 4.69) is 21.2 Å². The van der Waals surface area contributed by atoms with Gasteiger partial charge in [0.1, 0.15) is 22.8 Å². The van der Waals surface area contributed by atoms with Crippen molar-refractivity contribution in [1.29, 1.82) is 0 Å². The van der Waals surface area contributed by atoms with E-state index in [0.717, 1.165) is 0 Å². The number of ketones is 1. The number of carbonyl (C=O) groups excluding carboxylic acids is 2.